The van der Waals surface area contributed by atoms with Crippen LogP contribution in [0.15, 0.2) is 5.51 Å². The topological polar surface area (TPSA) is 34.1 Å². The number of methoxy groups -OCH3 is 1. The quantitative estimate of drug-likeness (QED) is 0.836. The number of rotatable bonds is 5. The molecule has 0 bridgehead atoms. The molecule has 2 rings (SSSR count). The van der Waals surface area contributed by atoms with Crippen LogP contribution >= 0.6 is 11.3 Å². The number of aromatic nitrogens is 1. The zero-order valence-electron chi connectivity index (χ0n) is 9.16. The molecule has 1 heterocycles. The molecule has 0 radical (unpaired) electrons. The first-order valence-corrected chi connectivity index (χ1v) is 6.41. The Bertz CT molecular complexity index is 295. The third-order valence-electron chi connectivity index (χ3n) is 2.91. The van der Waals surface area contributed by atoms with Gasteiger partial charge in [-0.25, -0.2) is 4.98 Å². The van der Waals surface area contributed by atoms with Crippen LogP contribution in [0.3, 0.4) is 0 Å². The van der Waals surface area contributed by atoms with Crippen LogP contribution in [0.1, 0.15) is 36.3 Å². The fraction of sp³-hybridized carbons (Fsp3) is 0.727. The second-order valence-corrected chi connectivity index (χ2v) is 4.96. The summed E-state index contributed by atoms with van der Waals surface area (Å²) in [7, 11) is 1.72. The summed E-state index contributed by atoms with van der Waals surface area (Å²) >= 11 is 1.72. The average molecular weight is 226 g/mol. The molecule has 0 saturated heterocycles. The lowest BCUT2D eigenvalue weighted by atomic mass is 10.2. The summed E-state index contributed by atoms with van der Waals surface area (Å²) in [6, 6.07) is 0.725. The van der Waals surface area contributed by atoms with Crippen molar-refractivity contribution in [3.63, 3.8) is 0 Å². The summed E-state index contributed by atoms with van der Waals surface area (Å²) in [4.78, 5) is 5.63. The summed E-state index contributed by atoms with van der Waals surface area (Å²) in [5, 5.41) is 3.60. The molecule has 0 atom stereocenters. The maximum absolute atomic E-state index is 5.12. The number of hydrogen-bond donors (Lipinski definition) is 1. The van der Waals surface area contributed by atoms with Gasteiger partial charge in [0.15, 0.2) is 0 Å². The van der Waals surface area contributed by atoms with Gasteiger partial charge in [0.2, 0.25) is 0 Å². The largest absolute Gasteiger partial charge is 0.378 e. The van der Waals surface area contributed by atoms with Crippen molar-refractivity contribution >= 4 is 11.3 Å². The smallest absolute Gasteiger partial charge is 0.0895 e. The molecule has 0 aliphatic heterocycles. The standard InChI is InChI=1S/C11H18N2OS/c1-14-7-10-11(15-8-13-10)6-12-9-4-2-3-5-9/h8-9,12H,2-7H2,1H3. The predicted octanol–water partition coefficient (Wildman–Crippen LogP) is 2.32. The third kappa shape index (κ3) is 3.00. The Balaban J connectivity index is 1.83. The van der Waals surface area contributed by atoms with E-state index in [1.807, 2.05) is 5.51 Å². The number of nitrogens with zero attached hydrogens (tertiary/aromatic N) is 1. The first-order valence-electron chi connectivity index (χ1n) is 5.53. The Labute approximate surface area is 94.9 Å². The van der Waals surface area contributed by atoms with Crippen molar-refractivity contribution in [1.82, 2.24) is 10.3 Å². The zero-order chi connectivity index (χ0) is 10.5. The molecule has 1 aliphatic carbocycles. The van der Waals surface area contributed by atoms with Crippen LogP contribution in [0.25, 0.3) is 0 Å². The van der Waals surface area contributed by atoms with Crippen LogP contribution in [0.5, 0.6) is 0 Å². The van der Waals surface area contributed by atoms with Gasteiger partial charge in [-0.05, 0) is 12.8 Å². The highest BCUT2D eigenvalue weighted by Gasteiger charge is 2.15. The van der Waals surface area contributed by atoms with E-state index in [-0.39, 0.29) is 0 Å². The van der Waals surface area contributed by atoms with E-state index < -0.39 is 0 Å². The Morgan fingerprint density at radius 3 is 3.07 bits per heavy atom. The molecule has 84 valence electrons. The van der Waals surface area contributed by atoms with Gasteiger partial charge in [-0.15, -0.1) is 11.3 Å². The van der Waals surface area contributed by atoms with E-state index in [9.17, 15) is 0 Å². The lowest BCUT2D eigenvalue weighted by Crippen LogP contribution is -2.25. The van der Waals surface area contributed by atoms with E-state index in [0.29, 0.717) is 6.61 Å². The fourth-order valence-electron chi connectivity index (χ4n) is 2.06. The summed E-state index contributed by atoms with van der Waals surface area (Å²) in [6.07, 6.45) is 5.42. The summed E-state index contributed by atoms with van der Waals surface area (Å²) in [6.45, 7) is 1.58. The second kappa shape index (κ2) is 5.58. The molecule has 1 aromatic rings. The molecule has 1 aliphatic rings. The highest BCUT2D eigenvalue weighted by atomic mass is 32.1. The van der Waals surface area contributed by atoms with E-state index >= 15 is 0 Å². The van der Waals surface area contributed by atoms with Crippen LogP contribution in [0, 0.1) is 0 Å². The van der Waals surface area contributed by atoms with Crippen molar-refractivity contribution in [3.05, 3.63) is 16.1 Å². The van der Waals surface area contributed by atoms with Crippen molar-refractivity contribution in [3.8, 4) is 0 Å². The van der Waals surface area contributed by atoms with Crippen molar-refractivity contribution in [2.75, 3.05) is 7.11 Å². The molecule has 4 heteroatoms. The molecular formula is C11H18N2OS. The third-order valence-corrected chi connectivity index (χ3v) is 3.79. The van der Waals surface area contributed by atoms with E-state index in [1.165, 1.54) is 30.6 Å². The minimum atomic E-state index is 0.630. The van der Waals surface area contributed by atoms with Gasteiger partial charge in [-0.1, -0.05) is 12.8 Å². The van der Waals surface area contributed by atoms with Gasteiger partial charge < -0.3 is 10.1 Å². The lowest BCUT2D eigenvalue weighted by molar-refractivity contribution is 0.181. The van der Waals surface area contributed by atoms with Crippen molar-refractivity contribution in [1.29, 1.82) is 0 Å². The van der Waals surface area contributed by atoms with E-state index in [2.05, 4.69) is 10.3 Å². The molecule has 1 aromatic heterocycles. The molecule has 3 nitrogen and oxygen atoms in total. The van der Waals surface area contributed by atoms with E-state index in [4.69, 9.17) is 4.74 Å². The van der Waals surface area contributed by atoms with Crippen LogP contribution in [-0.4, -0.2) is 18.1 Å². The minimum absolute atomic E-state index is 0.630. The Morgan fingerprint density at radius 1 is 1.53 bits per heavy atom. The van der Waals surface area contributed by atoms with Gasteiger partial charge in [0.25, 0.3) is 0 Å². The Morgan fingerprint density at radius 2 is 2.33 bits per heavy atom. The second-order valence-electron chi connectivity index (χ2n) is 4.02. The summed E-state index contributed by atoms with van der Waals surface area (Å²) in [5.41, 5.74) is 2.99. The zero-order valence-corrected chi connectivity index (χ0v) is 9.98. The van der Waals surface area contributed by atoms with Crippen molar-refractivity contribution < 1.29 is 4.74 Å². The van der Waals surface area contributed by atoms with Gasteiger partial charge in [-0.3, -0.25) is 0 Å². The Kier molecular flexibility index (Phi) is 4.11. The Hall–Kier alpha value is -0.450. The highest BCUT2D eigenvalue weighted by molar-refractivity contribution is 7.09. The maximum Gasteiger partial charge on any atom is 0.0895 e. The van der Waals surface area contributed by atoms with Gasteiger partial charge in [0, 0.05) is 24.6 Å². The first-order chi connectivity index (χ1) is 7.40. The molecule has 0 unspecified atom stereocenters. The fourth-order valence-corrected chi connectivity index (χ4v) is 2.78. The molecule has 15 heavy (non-hydrogen) atoms. The maximum atomic E-state index is 5.12. The van der Waals surface area contributed by atoms with Gasteiger partial charge in [-0.2, -0.15) is 0 Å². The number of ether oxygens (including phenoxy) is 1. The SMILES string of the molecule is COCc1ncsc1CNC1CCCC1. The normalized spacial score (nSPS) is 17.4. The van der Waals surface area contributed by atoms with E-state index in [1.54, 1.807) is 18.4 Å². The number of hydrogen-bond acceptors (Lipinski definition) is 4. The minimum Gasteiger partial charge on any atom is -0.378 e. The first kappa shape index (κ1) is 11.0. The van der Waals surface area contributed by atoms with Gasteiger partial charge >= 0.3 is 0 Å². The predicted molar refractivity (Wildman–Crippen MR) is 61.9 cm³/mol. The lowest BCUT2D eigenvalue weighted by Gasteiger charge is -2.11. The van der Waals surface area contributed by atoms with Crippen LogP contribution in [-0.2, 0) is 17.9 Å². The molecule has 0 amide bonds. The van der Waals surface area contributed by atoms with Crippen molar-refractivity contribution in [2.45, 2.75) is 44.9 Å². The molecule has 1 fully saturated rings. The number of nitrogens with one attached hydrogen (secondary N) is 1. The van der Waals surface area contributed by atoms with Gasteiger partial charge in [0.1, 0.15) is 0 Å². The van der Waals surface area contributed by atoms with E-state index in [0.717, 1.165) is 18.3 Å². The highest BCUT2D eigenvalue weighted by Crippen LogP contribution is 2.20. The van der Waals surface area contributed by atoms with Crippen LogP contribution in [0.4, 0.5) is 0 Å². The average Bonchev–Trinajstić information content (AvgIpc) is 2.85. The number of thiazole rings is 1. The van der Waals surface area contributed by atoms with Gasteiger partial charge in [0.05, 0.1) is 17.8 Å². The molecule has 0 spiro atoms. The van der Waals surface area contributed by atoms with Crippen LogP contribution < -0.4 is 5.32 Å². The molecule has 0 aromatic carbocycles. The summed E-state index contributed by atoms with van der Waals surface area (Å²) in [5.74, 6) is 0. The molecule has 1 N–H and O–H groups in total. The monoisotopic (exact) mass is 226 g/mol. The van der Waals surface area contributed by atoms with Crippen LogP contribution in [0.2, 0.25) is 0 Å². The molecule has 1 saturated carbocycles. The summed E-state index contributed by atoms with van der Waals surface area (Å²) < 4.78 is 5.12. The van der Waals surface area contributed by atoms with Crippen molar-refractivity contribution in [2.24, 2.45) is 0 Å². The molecular weight excluding hydrogens is 208 g/mol.